The van der Waals surface area contributed by atoms with Crippen molar-refractivity contribution in [3.8, 4) is 6.07 Å². The number of nitriles is 1. The van der Waals surface area contributed by atoms with Crippen LogP contribution in [0.2, 0.25) is 0 Å². The predicted octanol–water partition coefficient (Wildman–Crippen LogP) is 7.80. The minimum absolute atomic E-state index is 0.0851. The summed E-state index contributed by atoms with van der Waals surface area (Å²) in [6.07, 6.45) is 18.9. The average molecular weight is 586 g/mol. The molecule has 2 unspecified atom stereocenters. The molecule has 1 aliphatic heterocycles. The van der Waals surface area contributed by atoms with Gasteiger partial charge in [0.25, 0.3) is 8.53 Å². The fourth-order valence-corrected chi connectivity index (χ4v) is 6.50. The Balaban J connectivity index is 0.000000760. The highest BCUT2D eigenvalue weighted by Gasteiger charge is 2.31. The lowest BCUT2D eigenvalue weighted by atomic mass is 10.0. The number of rotatable bonds is 23. The van der Waals surface area contributed by atoms with Gasteiger partial charge in [-0.05, 0) is 54.0 Å². The van der Waals surface area contributed by atoms with Crippen LogP contribution in [0.4, 0.5) is 0 Å². The van der Waals surface area contributed by atoms with Crippen LogP contribution >= 0.6 is 8.53 Å². The first kappa shape index (κ1) is 38.9. The van der Waals surface area contributed by atoms with E-state index in [2.05, 4.69) is 55.1 Å². The lowest BCUT2D eigenvalue weighted by Crippen LogP contribution is -2.35. The summed E-state index contributed by atoms with van der Waals surface area (Å²) in [6.45, 7) is 11.1. The number of likely N-dealkylation sites (tertiary alicyclic amines) is 1. The van der Waals surface area contributed by atoms with Gasteiger partial charge >= 0.3 is 5.97 Å². The lowest BCUT2D eigenvalue weighted by molar-refractivity contribution is -0.140. The maximum absolute atomic E-state index is 10.9. The number of aldehydes is 1. The number of esters is 1. The minimum Gasteiger partial charge on any atom is -0.469 e. The van der Waals surface area contributed by atoms with E-state index in [1.807, 2.05) is 0 Å². The summed E-state index contributed by atoms with van der Waals surface area (Å²) < 4.78 is 19.0. The molecule has 0 aromatic carbocycles. The van der Waals surface area contributed by atoms with Gasteiger partial charge in [0.05, 0.1) is 32.3 Å². The molecule has 1 rings (SSSR count). The van der Waals surface area contributed by atoms with Crippen LogP contribution in [-0.4, -0.2) is 73.9 Å². The first-order chi connectivity index (χ1) is 19.3. The van der Waals surface area contributed by atoms with Gasteiger partial charge in [0.2, 0.25) is 0 Å². The number of carbonyl (C=O) groups excluding carboxylic acids is 2. The topological polar surface area (TPSA) is 92.1 Å². The Kier molecular flexibility index (Phi) is 26.0. The third-order valence-corrected chi connectivity index (χ3v) is 9.11. The molecule has 2 atom stereocenters. The molecular weight excluding hydrogens is 525 g/mol. The van der Waals surface area contributed by atoms with Crippen LogP contribution in [-0.2, 0) is 23.4 Å². The summed E-state index contributed by atoms with van der Waals surface area (Å²) in [6, 6.07) is 2.85. The molecule has 0 amide bonds. The largest absolute Gasteiger partial charge is 0.469 e. The fourth-order valence-electron chi connectivity index (χ4n) is 4.77. The van der Waals surface area contributed by atoms with Crippen LogP contribution in [0.15, 0.2) is 0 Å². The van der Waals surface area contributed by atoms with Crippen molar-refractivity contribution in [3.63, 3.8) is 0 Å². The molecule has 1 fully saturated rings. The smallest absolute Gasteiger partial charge is 0.305 e. The van der Waals surface area contributed by atoms with Crippen molar-refractivity contribution in [2.45, 2.75) is 149 Å². The Morgan fingerprint density at radius 2 is 1.50 bits per heavy atom. The number of likely N-dealkylation sites (N-methyl/N-ethyl adjacent to an activating group) is 1. The number of hydrogen-bond donors (Lipinski definition) is 0. The molecule has 0 aromatic heterocycles. The van der Waals surface area contributed by atoms with Gasteiger partial charge in [-0.1, -0.05) is 64.2 Å². The van der Waals surface area contributed by atoms with Crippen molar-refractivity contribution >= 4 is 20.8 Å². The Morgan fingerprint density at radius 3 is 1.93 bits per heavy atom. The van der Waals surface area contributed by atoms with Crippen LogP contribution in [0.5, 0.6) is 0 Å². The number of methoxy groups -OCH3 is 1. The molecule has 0 N–H and O–H groups in total. The number of unbranched alkanes of at least 4 members (excludes halogenated alkanes) is 12. The third kappa shape index (κ3) is 21.6. The van der Waals surface area contributed by atoms with E-state index in [0.29, 0.717) is 31.5 Å². The first-order valence-corrected chi connectivity index (χ1v) is 16.8. The van der Waals surface area contributed by atoms with Gasteiger partial charge in [0, 0.05) is 38.0 Å². The maximum Gasteiger partial charge on any atom is 0.305 e. The quantitative estimate of drug-likeness (QED) is 0.0519. The van der Waals surface area contributed by atoms with E-state index in [1.54, 1.807) is 0 Å². The van der Waals surface area contributed by atoms with Crippen molar-refractivity contribution in [2.24, 2.45) is 0 Å². The summed E-state index contributed by atoms with van der Waals surface area (Å²) in [5, 5.41) is 8.67. The second kappa shape index (κ2) is 26.8. The monoisotopic (exact) mass is 585 g/mol. The van der Waals surface area contributed by atoms with Crippen molar-refractivity contribution in [1.29, 1.82) is 5.26 Å². The van der Waals surface area contributed by atoms with E-state index in [0.717, 1.165) is 51.5 Å². The van der Waals surface area contributed by atoms with Crippen molar-refractivity contribution in [3.05, 3.63) is 0 Å². The Morgan fingerprint density at radius 1 is 0.975 bits per heavy atom. The Bertz CT molecular complexity index is 651. The first-order valence-electron chi connectivity index (χ1n) is 15.7. The SMILES string of the molecule is CC(C)N(C(C)C)P(OCCC#N)OC1CCN(C)C1.COC(=O)CCCCCCCCCCCCCCC=O. The van der Waals surface area contributed by atoms with Gasteiger partial charge in [0.1, 0.15) is 6.29 Å². The molecule has 0 saturated carbocycles. The number of carbonyl (C=O) groups is 2. The zero-order chi connectivity index (χ0) is 30.0. The summed E-state index contributed by atoms with van der Waals surface area (Å²) in [5.41, 5.74) is 0. The zero-order valence-corrected chi connectivity index (χ0v) is 27.5. The van der Waals surface area contributed by atoms with Gasteiger partial charge in [0.15, 0.2) is 0 Å². The van der Waals surface area contributed by atoms with Crippen LogP contribution in [0, 0.1) is 11.3 Å². The van der Waals surface area contributed by atoms with Gasteiger partial charge in [-0.15, -0.1) is 0 Å². The van der Waals surface area contributed by atoms with Crippen molar-refractivity contribution in [1.82, 2.24) is 9.57 Å². The number of ether oxygens (including phenoxy) is 1. The van der Waals surface area contributed by atoms with E-state index in [1.165, 1.54) is 64.9 Å². The summed E-state index contributed by atoms with van der Waals surface area (Å²) in [7, 11) is 2.48. The number of nitrogens with zero attached hydrogens (tertiary/aromatic N) is 3. The Labute approximate surface area is 247 Å². The normalized spacial score (nSPS) is 16.1. The fraction of sp³-hybridized carbons (Fsp3) is 0.903. The minimum atomic E-state index is -1.09. The molecule has 0 bridgehead atoms. The summed E-state index contributed by atoms with van der Waals surface area (Å²) in [4.78, 5) is 23.3. The molecule has 9 heteroatoms. The highest BCUT2D eigenvalue weighted by molar-refractivity contribution is 7.44. The van der Waals surface area contributed by atoms with Crippen LogP contribution < -0.4 is 0 Å². The second-order valence-electron chi connectivity index (χ2n) is 11.3. The van der Waals surface area contributed by atoms with Gasteiger partial charge < -0.3 is 23.5 Å². The number of hydrogen-bond acceptors (Lipinski definition) is 8. The summed E-state index contributed by atoms with van der Waals surface area (Å²) >= 11 is 0. The molecule has 0 spiro atoms. The van der Waals surface area contributed by atoms with Crippen LogP contribution in [0.25, 0.3) is 0 Å². The van der Waals surface area contributed by atoms with Gasteiger partial charge in [-0.2, -0.15) is 5.26 Å². The lowest BCUT2D eigenvalue weighted by Gasteiger charge is -2.36. The molecule has 1 heterocycles. The van der Waals surface area contributed by atoms with Crippen LogP contribution in [0.3, 0.4) is 0 Å². The van der Waals surface area contributed by atoms with E-state index in [-0.39, 0.29) is 12.1 Å². The second-order valence-corrected chi connectivity index (χ2v) is 12.8. The molecule has 0 aromatic rings. The van der Waals surface area contributed by atoms with Crippen molar-refractivity contribution < 1.29 is 23.4 Å². The van der Waals surface area contributed by atoms with Crippen molar-refractivity contribution in [2.75, 3.05) is 33.9 Å². The zero-order valence-electron chi connectivity index (χ0n) is 26.6. The molecule has 0 aliphatic carbocycles. The predicted molar refractivity (Wildman–Crippen MR) is 165 cm³/mol. The molecule has 40 heavy (non-hydrogen) atoms. The molecular formula is C31H60N3O5P. The molecule has 1 saturated heterocycles. The van der Waals surface area contributed by atoms with Crippen LogP contribution in [0.1, 0.15) is 130 Å². The highest BCUT2D eigenvalue weighted by atomic mass is 31.2. The summed E-state index contributed by atoms with van der Waals surface area (Å²) in [5.74, 6) is -0.0851. The average Bonchev–Trinajstić information content (AvgIpc) is 3.33. The standard InChI is InChI=1S/C17H32O3.C14H28N3O2P/c1-20-17(19)15-13-11-9-7-5-3-2-4-6-8-10-12-14-16-18;1-12(2)17(13(3)4)20(18-10-6-8-15)19-14-7-9-16(5)11-14/h16H,2-15H2,1H3;12-14H,6-7,9-11H2,1-5H3. The maximum atomic E-state index is 10.9. The highest BCUT2D eigenvalue weighted by Crippen LogP contribution is 2.47. The molecule has 1 aliphatic rings. The van der Waals surface area contributed by atoms with E-state index < -0.39 is 8.53 Å². The third-order valence-electron chi connectivity index (χ3n) is 6.93. The molecule has 0 radical (unpaired) electrons. The Hall–Kier alpha value is -1.10. The van der Waals surface area contributed by atoms with E-state index >= 15 is 0 Å². The molecule has 8 nitrogen and oxygen atoms in total. The molecule has 234 valence electrons. The van der Waals surface area contributed by atoms with E-state index in [4.69, 9.17) is 14.3 Å². The van der Waals surface area contributed by atoms with Gasteiger partial charge in [-0.3, -0.25) is 4.79 Å². The van der Waals surface area contributed by atoms with Gasteiger partial charge in [-0.25, -0.2) is 4.67 Å². The van der Waals surface area contributed by atoms with E-state index in [9.17, 15) is 9.59 Å².